The van der Waals surface area contributed by atoms with Crippen LogP contribution in [0.4, 0.5) is 10.5 Å². The average molecular weight is 604 g/mol. The number of amides is 2. The number of fused-ring (bicyclic) bond motifs is 4. The molecule has 4 aromatic carbocycles. The molecule has 1 atom stereocenters. The number of carbonyl (C=O) groups excluding carboxylic acids is 2. The van der Waals surface area contributed by atoms with Crippen LogP contribution in [0, 0.1) is 0 Å². The summed E-state index contributed by atoms with van der Waals surface area (Å²) in [5.41, 5.74) is 4.73. The molecule has 2 amide bonds. The Morgan fingerprint density at radius 3 is 2.09 bits per heavy atom. The van der Waals surface area contributed by atoms with Crippen LogP contribution < -0.4 is 16.0 Å². The van der Waals surface area contributed by atoms with Gasteiger partial charge < -0.3 is 25.8 Å². The second-order valence-electron chi connectivity index (χ2n) is 9.97. The summed E-state index contributed by atoms with van der Waals surface area (Å²) in [4.78, 5) is 36.6. The van der Waals surface area contributed by atoms with Crippen LogP contribution in [0.5, 0.6) is 0 Å². The van der Waals surface area contributed by atoms with E-state index in [1.807, 2.05) is 48.5 Å². The first-order chi connectivity index (χ1) is 20.6. The molecule has 5 rings (SSSR count). The Labute approximate surface area is 247 Å². The molecule has 0 saturated heterocycles. The summed E-state index contributed by atoms with van der Waals surface area (Å²) in [5, 5.41) is 18.4. The van der Waals surface area contributed by atoms with Gasteiger partial charge in [-0.1, -0.05) is 72.8 Å². The van der Waals surface area contributed by atoms with Crippen LogP contribution in [0.15, 0.2) is 89.8 Å². The molecule has 1 aliphatic rings. The number of carbonyl (C=O) groups is 3. The monoisotopic (exact) mass is 603 g/mol. The van der Waals surface area contributed by atoms with E-state index < -0.39 is 40.6 Å². The molecule has 0 spiro atoms. The minimum atomic E-state index is -4.41. The molecule has 0 fully saturated rings. The van der Waals surface area contributed by atoms with Crippen molar-refractivity contribution in [2.24, 2.45) is 0 Å². The van der Waals surface area contributed by atoms with E-state index in [4.69, 9.17) is 4.74 Å². The number of aliphatic carboxylic acids is 1. The summed E-state index contributed by atoms with van der Waals surface area (Å²) in [6.07, 6.45) is -1.45. The SMILES string of the molecule is O=C(C[C@@H](NC(=O)OCC1c2ccccc2-c2ccccc21)C(=O)O)NCCNc1cccc2c(S(=O)(=O)O)cccc12. The summed E-state index contributed by atoms with van der Waals surface area (Å²) >= 11 is 0. The fourth-order valence-corrected chi connectivity index (χ4v) is 6.01. The molecule has 5 N–H and O–H groups in total. The van der Waals surface area contributed by atoms with Crippen molar-refractivity contribution >= 4 is 44.5 Å². The summed E-state index contributed by atoms with van der Waals surface area (Å²) in [6, 6.07) is 23.6. The minimum Gasteiger partial charge on any atom is -0.480 e. The lowest BCUT2D eigenvalue weighted by molar-refractivity contribution is -0.141. The predicted octanol–water partition coefficient (Wildman–Crippen LogP) is 4.00. The lowest BCUT2D eigenvalue weighted by Crippen LogP contribution is -2.45. The van der Waals surface area contributed by atoms with Crippen LogP contribution in [0.25, 0.3) is 21.9 Å². The van der Waals surface area contributed by atoms with E-state index in [9.17, 15) is 32.5 Å². The Hall–Kier alpha value is -4.94. The standard InChI is InChI=1S/C31H29N3O8S/c35-29(33-16-15-32-26-13-5-12-24-23(26)11-6-14-28(24)43(39,40)41)17-27(30(36)37)34-31(38)42-18-25-21-9-3-1-7-19(21)20-8-2-4-10-22(20)25/h1-14,25,27,32H,15-18H2,(H,33,35)(H,34,38)(H,36,37)(H,39,40,41)/t27-/m1/s1. The lowest BCUT2D eigenvalue weighted by Gasteiger charge is -2.17. The van der Waals surface area contributed by atoms with Crippen LogP contribution in [0.3, 0.4) is 0 Å². The normalized spacial score (nSPS) is 13.0. The van der Waals surface area contributed by atoms with Crippen LogP contribution in [-0.4, -0.2) is 61.8 Å². The van der Waals surface area contributed by atoms with Gasteiger partial charge in [-0.25, -0.2) is 9.59 Å². The van der Waals surface area contributed by atoms with E-state index in [-0.39, 0.29) is 30.5 Å². The number of nitrogens with one attached hydrogen (secondary N) is 3. The van der Waals surface area contributed by atoms with Gasteiger partial charge in [-0.05, 0) is 34.4 Å². The predicted molar refractivity (Wildman–Crippen MR) is 160 cm³/mol. The zero-order valence-electron chi connectivity index (χ0n) is 22.8. The molecule has 0 bridgehead atoms. The zero-order valence-corrected chi connectivity index (χ0v) is 23.6. The third-order valence-electron chi connectivity index (χ3n) is 7.25. The number of benzene rings is 4. The van der Waals surface area contributed by atoms with Gasteiger partial charge >= 0.3 is 12.1 Å². The topological polar surface area (TPSA) is 171 Å². The van der Waals surface area contributed by atoms with Crippen molar-refractivity contribution in [3.8, 4) is 11.1 Å². The molecule has 0 aromatic heterocycles. The van der Waals surface area contributed by atoms with Crippen molar-refractivity contribution in [1.82, 2.24) is 10.6 Å². The van der Waals surface area contributed by atoms with E-state index in [1.165, 1.54) is 12.1 Å². The first-order valence-corrected chi connectivity index (χ1v) is 14.9. The highest BCUT2D eigenvalue weighted by molar-refractivity contribution is 7.86. The third-order valence-corrected chi connectivity index (χ3v) is 8.16. The van der Waals surface area contributed by atoms with Crippen molar-refractivity contribution in [2.75, 3.05) is 25.0 Å². The van der Waals surface area contributed by atoms with Crippen molar-refractivity contribution in [1.29, 1.82) is 0 Å². The van der Waals surface area contributed by atoms with Gasteiger partial charge in [-0.3, -0.25) is 9.35 Å². The second-order valence-corrected chi connectivity index (χ2v) is 11.4. The van der Waals surface area contributed by atoms with E-state index in [1.54, 1.807) is 24.3 Å². The minimum absolute atomic E-state index is 0.00393. The number of hydrogen-bond donors (Lipinski definition) is 5. The highest BCUT2D eigenvalue weighted by Gasteiger charge is 2.30. The fourth-order valence-electron chi connectivity index (χ4n) is 5.30. The number of carboxylic acids is 1. The third kappa shape index (κ3) is 6.60. The summed E-state index contributed by atoms with van der Waals surface area (Å²) < 4.78 is 38.3. The molecule has 11 nitrogen and oxygen atoms in total. The largest absolute Gasteiger partial charge is 0.480 e. The van der Waals surface area contributed by atoms with Gasteiger partial charge in [0.05, 0.1) is 6.42 Å². The fraction of sp³-hybridized carbons (Fsp3) is 0.194. The summed E-state index contributed by atoms with van der Waals surface area (Å²) in [5.74, 6) is -2.18. The molecule has 0 radical (unpaired) electrons. The Morgan fingerprint density at radius 2 is 1.44 bits per heavy atom. The number of carboxylic acid groups (broad SMARTS) is 1. The first-order valence-electron chi connectivity index (χ1n) is 13.5. The van der Waals surface area contributed by atoms with Gasteiger partial charge in [0.25, 0.3) is 10.1 Å². The van der Waals surface area contributed by atoms with Crippen molar-refractivity contribution in [3.05, 3.63) is 96.1 Å². The zero-order chi connectivity index (χ0) is 30.6. The lowest BCUT2D eigenvalue weighted by atomic mass is 9.98. The van der Waals surface area contributed by atoms with Crippen molar-refractivity contribution < 1.29 is 37.2 Å². The molecular weight excluding hydrogens is 574 g/mol. The van der Waals surface area contributed by atoms with E-state index in [0.717, 1.165) is 22.3 Å². The highest BCUT2D eigenvalue weighted by Crippen LogP contribution is 2.44. The molecule has 12 heteroatoms. The van der Waals surface area contributed by atoms with Gasteiger partial charge in [0.15, 0.2) is 0 Å². The Kier molecular flexibility index (Phi) is 8.60. The molecule has 0 saturated carbocycles. The maximum Gasteiger partial charge on any atom is 0.407 e. The van der Waals surface area contributed by atoms with E-state index >= 15 is 0 Å². The smallest absolute Gasteiger partial charge is 0.407 e. The molecule has 0 unspecified atom stereocenters. The first kappa shape index (κ1) is 29.5. The Balaban J connectivity index is 1.12. The van der Waals surface area contributed by atoms with Crippen LogP contribution in [0.2, 0.25) is 0 Å². The second kappa shape index (κ2) is 12.5. The van der Waals surface area contributed by atoms with Gasteiger partial charge in [0.2, 0.25) is 5.91 Å². The van der Waals surface area contributed by atoms with Crippen LogP contribution in [0.1, 0.15) is 23.5 Å². The molecule has 4 aromatic rings. The molecule has 0 aliphatic heterocycles. The van der Waals surface area contributed by atoms with Crippen molar-refractivity contribution in [2.45, 2.75) is 23.3 Å². The average Bonchev–Trinajstić information content (AvgIpc) is 3.30. The quantitative estimate of drug-likeness (QED) is 0.126. The van der Waals surface area contributed by atoms with Gasteiger partial charge in [0.1, 0.15) is 17.5 Å². The number of alkyl carbamates (subject to hydrolysis) is 1. The van der Waals surface area contributed by atoms with Crippen molar-refractivity contribution in [3.63, 3.8) is 0 Å². The van der Waals surface area contributed by atoms with E-state index in [0.29, 0.717) is 16.5 Å². The number of hydrogen-bond acceptors (Lipinski definition) is 7. The molecule has 0 heterocycles. The summed E-state index contributed by atoms with van der Waals surface area (Å²) in [6.45, 7) is 0.354. The Morgan fingerprint density at radius 1 is 0.814 bits per heavy atom. The van der Waals surface area contributed by atoms with Crippen LogP contribution in [-0.2, 0) is 24.4 Å². The molecular formula is C31H29N3O8S. The highest BCUT2D eigenvalue weighted by atomic mass is 32.2. The van der Waals surface area contributed by atoms with Crippen LogP contribution >= 0.6 is 0 Å². The molecule has 222 valence electrons. The van der Waals surface area contributed by atoms with Gasteiger partial charge in [-0.15, -0.1) is 0 Å². The van der Waals surface area contributed by atoms with E-state index in [2.05, 4.69) is 16.0 Å². The Bertz CT molecular complexity index is 1760. The number of rotatable bonds is 11. The van der Waals surface area contributed by atoms with Gasteiger partial charge in [-0.2, -0.15) is 8.42 Å². The molecule has 43 heavy (non-hydrogen) atoms. The molecule has 1 aliphatic carbocycles. The van der Waals surface area contributed by atoms with Gasteiger partial charge in [0, 0.05) is 35.5 Å². The number of anilines is 1. The number of ether oxygens (including phenoxy) is 1. The maximum absolute atomic E-state index is 12.5. The summed E-state index contributed by atoms with van der Waals surface area (Å²) in [7, 11) is -4.41. The maximum atomic E-state index is 12.5.